The van der Waals surface area contributed by atoms with E-state index in [1.54, 1.807) is 11.8 Å². The molecule has 0 aliphatic heterocycles. The Balaban J connectivity index is 2.23. The minimum atomic E-state index is 0.498. The first-order valence-electron chi connectivity index (χ1n) is 6.17. The number of rotatable bonds is 4. The van der Waals surface area contributed by atoms with E-state index in [4.69, 9.17) is 4.42 Å². The van der Waals surface area contributed by atoms with E-state index < -0.39 is 0 Å². The van der Waals surface area contributed by atoms with Gasteiger partial charge in [-0.3, -0.25) is 0 Å². The highest BCUT2D eigenvalue weighted by Gasteiger charge is 2.12. The van der Waals surface area contributed by atoms with Crippen molar-refractivity contribution in [2.75, 3.05) is 0 Å². The van der Waals surface area contributed by atoms with E-state index in [0.717, 1.165) is 12.0 Å². The van der Waals surface area contributed by atoms with Crippen LogP contribution < -0.4 is 0 Å². The van der Waals surface area contributed by atoms with E-state index in [9.17, 15) is 0 Å². The standard InChI is InChI=1S/C14H18N2OS/c1-5-11(4)18-14-16-15-13(17-14)12-7-9(2)6-10(3)8-12/h6-8,11H,5H2,1-4H3. The van der Waals surface area contributed by atoms with Crippen molar-refractivity contribution in [2.24, 2.45) is 0 Å². The number of thioether (sulfide) groups is 1. The lowest BCUT2D eigenvalue weighted by Gasteiger charge is -2.02. The Kier molecular flexibility index (Phi) is 4.07. The molecule has 1 unspecified atom stereocenters. The van der Waals surface area contributed by atoms with Crippen LogP contribution in [-0.2, 0) is 0 Å². The molecule has 1 heterocycles. The number of hydrogen-bond acceptors (Lipinski definition) is 4. The lowest BCUT2D eigenvalue weighted by molar-refractivity contribution is 0.464. The summed E-state index contributed by atoms with van der Waals surface area (Å²) >= 11 is 1.63. The molecule has 1 aromatic heterocycles. The molecule has 0 saturated carbocycles. The molecule has 0 spiro atoms. The zero-order valence-corrected chi connectivity index (χ0v) is 12.0. The van der Waals surface area contributed by atoms with Gasteiger partial charge in [0.05, 0.1) is 0 Å². The van der Waals surface area contributed by atoms with Crippen LogP contribution in [0.15, 0.2) is 27.8 Å². The SMILES string of the molecule is CCC(C)Sc1nnc(-c2cc(C)cc(C)c2)o1. The van der Waals surface area contributed by atoms with Crippen LogP contribution in [0.2, 0.25) is 0 Å². The summed E-state index contributed by atoms with van der Waals surface area (Å²) < 4.78 is 5.69. The normalized spacial score (nSPS) is 12.7. The molecular formula is C14H18N2OS. The maximum Gasteiger partial charge on any atom is 0.277 e. The first-order valence-corrected chi connectivity index (χ1v) is 7.05. The summed E-state index contributed by atoms with van der Waals surface area (Å²) in [6, 6.07) is 6.27. The molecule has 0 aliphatic carbocycles. The Morgan fingerprint density at radius 3 is 2.44 bits per heavy atom. The molecule has 96 valence electrons. The van der Waals surface area contributed by atoms with Gasteiger partial charge < -0.3 is 4.42 Å². The monoisotopic (exact) mass is 262 g/mol. The summed E-state index contributed by atoms with van der Waals surface area (Å²) in [6.45, 7) is 8.45. The highest BCUT2D eigenvalue weighted by Crippen LogP contribution is 2.27. The molecule has 0 amide bonds. The third-order valence-corrected chi connectivity index (χ3v) is 3.85. The van der Waals surface area contributed by atoms with E-state index in [1.807, 2.05) is 0 Å². The molecule has 0 saturated heterocycles. The van der Waals surface area contributed by atoms with Crippen LogP contribution in [0.5, 0.6) is 0 Å². The third-order valence-electron chi connectivity index (χ3n) is 2.75. The minimum Gasteiger partial charge on any atom is -0.411 e. The van der Waals surface area contributed by atoms with Gasteiger partial charge in [0.2, 0.25) is 5.89 Å². The number of nitrogens with zero attached hydrogens (tertiary/aromatic N) is 2. The Morgan fingerprint density at radius 1 is 1.17 bits per heavy atom. The van der Waals surface area contributed by atoms with E-state index >= 15 is 0 Å². The Morgan fingerprint density at radius 2 is 1.83 bits per heavy atom. The van der Waals surface area contributed by atoms with Crippen LogP contribution in [0.3, 0.4) is 0 Å². The molecule has 1 aromatic carbocycles. The first kappa shape index (κ1) is 13.1. The van der Waals surface area contributed by atoms with Gasteiger partial charge >= 0.3 is 0 Å². The van der Waals surface area contributed by atoms with Crippen LogP contribution in [0.4, 0.5) is 0 Å². The number of aromatic nitrogens is 2. The Bertz CT molecular complexity index is 516. The van der Waals surface area contributed by atoms with Gasteiger partial charge in [0, 0.05) is 10.8 Å². The van der Waals surface area contributed by atoms with Crippen molar-refractivity contribution >= 4 is 11.8 Å². The second-order valence-corrected chi connectivity index (χ2v) is 5.98. The summed E-state index contributed by atoms with van der Waals surface area (Å²) in [5, 5.41) is 9.35. The average Bonchev–Trinajstić information content (AvgIpc) is 2.76. The highest BCUT2D eigenvalue weighted by molar-refractivity contribution is 7.99. The molecule has 0 fully saturated rings. The summed E-state index contributed by atoms with van der Waals surface area (Å²) in [5.74, 6) is 0.604. The fourth-order valence-corrected chi connectivity index (χ4v) is 2.45. The van der Waals surface area contributed by atoms with Crippen molar-refractivity contribution < 1.29 is 4.42 Å². The summed E-state index contributed by atoms with van der Waals surface area (Å²) in [4.78, 5) is 0. The minimum absolute atomic E-state index is 0.498. The molecular weight excluding hydrogens is 244 g/mol. The number of hydrogen-bond donors (Lipinski definition) is 0. The molecule has 4 heteroatoms. The van der Waals surface area contributed by atoms with Crippen molar-refractivity contribution in [1.82, 2.24) is 10.2 Å². The molecule has 2 aromatic rings. The van der Waals surface area contributed by atoms with E-state index in [0.29, 0.717) is 16.4 Å². The van der Waals surface area contributed by atoms with Crippen molar-refractivity contribution in [3.05, 3.63) is 29.3 Å². The van der Waals surface area contributed by atoms with E-state index in [1.165, 1.54) is 11.1 Å². The van der Waals surface area contributed by atoms with Crippen LogP contribution in [0.1, 0.15) is 31.4 Å². The lowest BCUT2D eigenvalue weighted by atomic mass is 10.1. The zero-order valence-electron chi connectivity index (χ0n) is 11.2. The molecule has 0 aliphatic rings. The second-order valence-electron chi connectivity index (χ2n) is 4.59. The average molecular weight is 262 g/mol. The van der Waals surface area contributed by atoms with Crippen molar-refractivity contribution in [1.29, 1.82) is 0 Å². The molecule has 18 heavy (non-hydrogen) atoms. The Labute approximate surface area is 112 Å². The summed E-state index contributed by atoms with van der Waals surface area (Å²) in [7, 11) is 0. The fraction of sp³-hybridized carbons (Fsp3) is 0.429. The van der Waals surface area contributed by atoms with Gasteiger partial charge in [0.25, 0.3) is 5.22 Å². The largest absolute Gasteiger partial charge is 0.411 e. The zero-order chi connectivity index (χ0) is 13.1. The molecule has 2 rings (SSSR count). The van der Waals surface area contributed by atoms with E-state index in [2.05, 4.69) is 56.1 Å². The molecule has 0 N–H and O–H groups in total. The van der Waals surface area contributed by atoms with Crippen molar-refractivity contribution in [3.8, 4) is 11.5 Å². The molecule has 1 atom stereocenters. The second kappa shape index (κ2) is 5.57. The quantitative estimate of drug-likeness (QED) is 0.772. The smallest absolute Gasteiger partial charge is 0.277 e. The van der Waals surface area contributed by atoms with Gasteiger partial charge in [-0.15, -0.1) is 10.2 Å². The topological polar surface area (TPSA) is 38.9 Å². The molecule has 3 nitrogen and oxygen atoms in total. The van der Waals surface area contributed by atoms with Crippen LogP contribution in [-0.4, -0.2) is 15.4 Å². The molecule has 0 bridgehead atoms. The Hall–Kier alpha value is -1.29. The van der Waals surface area contributed by atoms with Crippen LogP contribution >= 0.6 is 11.8 Å². The van der Waals surface area contributed by atoms with Crippen molar-refractivity contribution in [3.63, 3.8) is 0 Å². The summed E-state index contributed by atoms with van der Waals surface area (Å²) in [5.41, 5.74) is 3.41. The maximum absolute atomic E-state index is 5.69. The van der Waals surface area contributed by atoms with E-state index in [-0.39, 0.29) is 0 Å². The van der Waals surface area contributed by atoms with Crippen LogP contribution in [0, 0.1) is 13.8 Å². The maximum atomic E-state index is 5.69. The van der Waals surface area contributed by atoms with Gasteiger partial charge in [-0.1, -0.05) is 42.8 Å². The van der Waals surface area contributed by atoms with Gasteiger partial charge in [0.15, 0.2) is 0 Å². The molecule has 0 radical (unpaired) electrons. The van der Waals surface area contributed by atoms with Gasteiger partial charge in [-0.25, -0.2) is 0 Å². The fourth-order valence-electron chi connectivity index (χ4n) is 1.73. The van der Waals surface area contributed by atoms with Crippen molar-refractivity contribution in [2.45, 2.75) is 44.6 Å². The third kappa shape index (κ3) is 3.13. The summed E-state index contributed by atoms with van der Waals surface area (Å²) in [6.07, 6.45) is 1.09. The predicted octanol–water partition coefficient (Wildman–Crippen LogP) is 4.24. The van der Waals surface area contributed by atoms with Gasteiger partial charge in [-0.05, 0) is 32.4 Å². The van der Waals surface area contributed by atoms with Gasteiger partial charge in [-0.2, -0.15) is 0 Å². The van der Waals surface area contributed by atoms with Crippen LogP contribution in [0.25, 0.3) is 11.5 Å². The number of aryl methyl sites for hydroxylation is 2. The first-order chi connectivity index (χ1) is 8.58. The van der Waals surface area contributed by atoms with Gasteiger partial charge in [0.1, 0.15) is 0 Å². The predicted molar refractivity (Wildman–Crippen MR) is 74.8 cm³/mol. The highest BCUT2D eigenvalue weighted by atomic mass is 32.2. The lowest BCUT2D eigenvalue weighted by Crippen LogP contribution is -1.91. The number of benzene rings is 1.